The number of carbonyl (C=O) groups is 1. The molecular formula is C16H27N5O. The number of amides is 1. The first-order valence-corrected chi connectivity index (χ1v) is 8.54. The number of aromatic nitrogens is 3. The standard InChI is InChI=1S/C16H27N5O/c1-3-20-9-6-8-16(2,12-20)15(22)17-11-14-19-18-13-7-4-5-10-21(13)14/h3-12H2,1-2H3,(H,17,22). The van der Waals surface area contributed by atoms with Gasteiger partial charge in [-0.25, -0.2) is 0 Å². The molecule has 1 atom stereocenters. The van der Waals surface area contributed by atoms with E-state index in [0.717, 1.165) is 57.1 Å². The summed E-state index contributed by atoms with van der Waals surface area (Å²) in [6.45, 7) is 8.70. The molecule has 3 heterocycles. The number of nitrogens with one attached hydrogen (secondary N) is 1. The van der Waals surface area contributed by atoms with Gasteiger partial charge in [-0.05, 0) is 45.7 Å². The summed E-state index contributed by atoms with van der Waals surface area (Å²) in [5.74, 6) is 2.12. The molecule has 122 valence electrons. The third kappa shape index (κ3) is 3.02. The van der Waals surface area contributed by atoms with Gasteiger partial charge in [0.05, 0.1) is 12.0 Å². The first-order chi connectivity index (χ1) is 10.6. The van der Waals surface area contributed by atoms with E-state index >= 15 is 0 Å². The minimum Gasteiger partial charge on any atom is -0.348 e. The van der Waals surface area contributed by atoms with Crippen LogP contribution in [-0.4, -0.2) is 45.2 Å². The van der Waals surface area contributed by atoms with Crippen LogP contribution in [0.2, 0.25) is 0 Å². The van der Waals surface area contributed by atoms with Crippen LogP contribution < -0.4 is 5.32 Å². The van der Waals surface area contributed by atoms with Gasteiger partial charge in [-0.1, -0.05) is 6.92 Å². The molecule has 0 spiro atoms. The summed E-state index contributed by atoms with van der Waals surface area (Å²) >= 11 is 0. The van der Waals surface area contributed by atoms with Crippen LogP contribution in [0, 0.1) is 5.41 Å². The van der Waals surface area contributed by atoms with Crippen LogP contribution in [0.25, 0.3) is 0 Å². The molecule has 6 nitrogen and oxygen atoms in total. The topological polar surface area (TPSA) is 63.1 Å². The molecule has 22 heavy (non-hydrogen) atoms. The van der Waals surface area contributed by atoms with Gasteiger partial charge in [0.2, 0.25) is 5.91 Å². The molecule has 1 amide bonds. The summed E-state index contributed by atoms with van der Waals surface area (Å²) in [4.78, 5) is 15.0. The van der Waals surface area contributed by atoms with Crippen molar-refractivity contribution in [2.45, 2.75) is 59.0 Å². The highest BCUT2D eigenvalue weighted by atomic mass is 16.2. The summed E-state index contributed by atoms with van der Waals surface area (Å²) in [5.41, 5.74) is -0.279. The number of rotatable bonds is 4. The Kier molecular flexibility index (Phi) is 4.47. The molecule has 1 unspecified atom stereocenters. The van der Waals surface area contributed by atoms with E-state index in [1.165, 1.54) is 12.8 Å². The Balaban J connectivity index is 1.61. The van der Waals surface area contributed by atoms with Crippen LogP contribution >= 0.6 is 0 Å². The summed E-state index contributed by atoms with van der Waals surface area (Å²) < 4.78 is 2.17. The van der Waals surface area contributed by atoms with Crippen LogP contribution in [0.3, 0.4) is 0 Å². The fourth-order valence-electron chi connectivity index (χ4n) is 3.67. The molecule has 1 aromatic rings. The van der Waals surface area contributed by atoms with Crippen LogP contribution in [0.4, 0.5) is 0 Å². The van der Waals surface area contributed by atoms with Gasteiger partial charge in [-0.15, -0.1) is 10.2 Å². The average Bonchev–Trinajstić information content (AvgIpc) is 2.95. The molecule has 0 bridgehead atoms. The molecule has 2 aliphatic heterocycles. The molecular weight excluding hydrogens is 278 g/mol. The number of fused-ring (bicyclic) bond motifs is 1. The first-order valence-electron chi connectivity index (χ1n) is 8.54. The minimum atomic E-state index is -0.279. The quantitative estimate of drug-likeness (QED) is 0.912. The Bertz CT molecular complexity index is 541. The lowest BCUT2D eigenvalue weighted by molar-refractivity contribution is -0.133. The van der Waals surface area contributed by atoms with Crippen molar-refractivity contribution in [1.29, 1.82) is 0 Å². The number of aryl methyl sites for hydroxylation is 1. The van der Waals surface area contributed by atoms with Gasteiger partial charge < -0.3 is 14.8 Å². The number of piperidine rings is 1. The van der Waals surface area contributed by atoms with Crippen LogP contribution in [-0.2, 0) is 24.3 Å². The monoisotopic (exact) mass is 305 g/mol. The molecule has 1 saturated heterocycles. The van der Waals surface area contributed by atoms with Crippen LogP contribution in [0.1, 0.15) is 51.2 Å². The molecule has 6 heteroatoms. The van der Waals surface area contributed by atoms with Crippen molar-refractivity contribution < 1.29 is 4.79 Å². The molecule has 0 saturated carbocycles. The third-order valence-electron chi connectivity index (χ3n) is 5.11. The van der Waals surface area contributed by atoms with E-state index in [1.807, 2.05) is 0 Å². The fourth-order valence-corrected chi connectivity index (χ4v) is 3.67. The largest absolute Gasteiger partial charge is 0.348 e. The summed E-state index contributed by atoms with van der Waals surface area (Å²) in [5, 5.41) is 11.6. The van der Waals surface area contributed by atoms with Crippen molar-refractivity contribution in [3.63, 3.8) is 0 Å². The fraction of sp³-hybridized carbons (Fsp3) is 0.812. The lowest BCUT2D eigenvalue weighted by atomic mass is 9.81. The summed E-state index contributed by atoms with van der Waals surface area (Å²) in [6.07, 6.45) is 5.43. The van der Waals surface area contributed by atoms with Crippen molar-refractivity contribution in [3.05, 3.63) is 11.6 Å². The molecule has 1 aromatic heterocycles. The Labute approximate surface area is 132 Å². The zero-order chi connectivity index (χ0) is 15.6. The zero-order valence-corrected chi connectivity index (χ0v) is 13.8. The van der Waals surface area contributed by atoms with E-state index < -0.39 is 0 Å². The molecule has 3 rings (SSSR count). The van der Waals surface area contributed by atoms with E-state index in [0.29, 0.717) is 6.54 Å². The number of nitrogens with zero attached hydrogens (tertiary/aromatic N) is 4. The SMILES string of the molecule is CCN1CCCC(C)(C(=O)NCc2nnc3n2CCCC3)C1. The van der Waals surface area contributed by atoms with Gasteiger partial charge in [0.1, 0.15) is 5.82 Å². The van der Waals surface area contributed by atoms with E-state index in [4.69, 9.17) is 0 Å². The lowest BCUT2D eigenvalue weighted by Crippen LogP contribution is -2.50. The van der Waals surface area contributed by atoms with Crippen LogP contribution in [0.5, 0.6) is 0 Å². The Morgan fingerprint density at radius 3 is 2.95 bits per heavy atom. The smallest absolute Gasteiger partial charge is 0.227 e. The summed E-state index contributed by atoms with van der Waals surface area (Å²) in [6, 6.07) is 0. The third-order valence-corrected chi connectivity index (χ3v) is 5.11. The van der Waals surface area contributed by atoms with E-state index in [9.17, 15) is 4.79 Å². The Morgan fingerprint density at radius 2 is 2.14 bits per heavy atom. The predicted octanol–water partition coefficient (Wildman–Crippen LogP) is 1.35. The predicted molar refractivity (Wildman–Crippen MR) is 84.3 cm³/mol. The van der Waals surface area contributed by atoms with Gasteiger partial charge in [-0.3, -0.25) is 4.79 Å². The second-order valence-electron chi connectivity index (χ2n) is 6.86. The number of likely N-dealkylation sites (tertiary alicyclic amines) is 1. The normalized spacial score (nSPS) is 25.7. The first kappa shape index (κ1) is 15.5. The maximum Gasteiger partial charge on any atom is 0.227 e. The second-order valence-corrected chi connectivity index (χ2v) is 6.86. The minimum absolute atomic E-state index is 0.152. The summed E-state index contributed by atoms with van der Waals surface area (Å²) in [7, 11) is 0. The number of carbonyl (C=O) groups excluding carboxylic acids is 1. The van der Waals surface area contributed by atoms with Gasteiger partial charge in [-0.2, -0.15) is 0 Å². The number of hydrogen-bond donors (Lipinski definition) is 1. The van der Waals surface area contributed by atoms with Crippen LogP contribution in [0.15, 0.2) is 0 Å². The molecule has 2 aliphatic rings. The van der Waals surface area contributed by atoms with E-state index in [-0.39, 0.29) is 11.3 Å². The molecule has 0 radical (unpaired) electrons. The van der Waals surface area contributed by atoms with Crippen molar-refractivity contribution in [2.75, 3.05) is 19.6 Å². The highest BCUT2D eigenvalue weighted by Crippen LogP contribution is 2.29. The van der Waals surface area contributed by atoms with Crippen molar-refractivity contribution >= 4 is 5.91 Å². The molecule has 1 N–H and O–H groups in total. The highest BCUT2D eigenvalue weighted by Gasteiger charge is 2.37. The number of hydrogen-bond acceptors (Lipinski definition) is 4. The lowest BCUT2D eigenvalue weighted by Gasteiger charge is -2.38. The maximum absolute atomic E-state index is 12.6. The second kappa shape index (κ2) is 6.36. The average molecular weight is 305 g/mol. The van der Waals surface area contributed by atoms with E-state index in [2.05, 4.69) is 38.8 Å². The van der Waals surface area contributed by atoms with Gasteiger partial charge >= 0.3 is 0 Å². The van der Waals surface area contributed by atoms with Gasteiger partial charge in [0, 0.05) is 19.5 Å². The molecule has 1 fully saturated rings. The maximum atomic E-state index is 12.6. The zero-order valence-electron chi connectivity index (χ0n) is 13.8. The Hall–Kier alpha value is -1.43. The van der Waals surface area contributed by atoms with E-state index in [1.54, 1.807) is 0 Å². The molecule has 0 aromatic carbocycles. The molecule has 0 aliphatic carbocycles. The highest BCUT2D eigenvalue weighted by molar-refractivity contribution is 5.82. The van der Waals surface area contributed by atoms with Crippen molar-refractivity contribution in [1.82, 2.24) is 25.0 Å². The van der Waals surface area contributed by atoms with Gasteiger partial charge in [0.25, 0.3) is 0 Å². The van der Waals surface area contributed by atoms with Crippen molar-refractivity contribution in [2.24, 2.45) is 5.41 Å². The Morgan fingerprint density at radius 1 is 1.27 bits per heavy atom. The van der Waals surface area contributed by atoms with Gasteiger partial charge in [0.15, 0.2) is 5.82 Å². The van der Waals surface area contributed by atoms with Crippen molar-refractivity contribution in [3.8, 4) is 0 Å².